The Balaban J connectivity index is 1.21. The minimum atomic E-state index is -1.77. The molecule has 2 aliphatic rings. The van der Waals surface area contributed by atoms with Gasteiger partial charge in [0, 0.05) is 30.6 Å². The molecule has 2 fully saturated rings. The molecule has 0 aliphatic heterocycles. The zero-order valence-electron chi connectivity index (χ0n) is 19.6. The number of fused-ring (bicyclic) bond motifs is 2. The third-order valence-corrected chi connectivity index (χ3v) is 9.37. The van der Waals surface area contributed by atoms with Crippen LogP contribution in [-0.2, 0) is 15.1 Å². The molecule has 5 rings (SSSR count). The molecule has 2 aliphatic carbocycles. The molecule has 8 heteroatoms. The van der Waals surface area contributed by atoms with Crippen LogP contribution in [0.1, 0.15) is 39.4 Å². The van der Waals surface area contributed by atoms with Gasteiger partial charge in [0.05, 0.1) is 9.75 Å². The Morgan fingerprint density at radius 1 is 1.06 bits per heavy atom. The second-order valence-electron chi connectivity index (χ2n) is 9.44. The molecule has 2 aromatic heterocycles. The van der Waals surface area contributed by atoms with Gasteiger partial charge in [0.25, 0.3) is 5.91 Å². The van der Waals surface area contributed by atoms with Crippen LogP contribution in [0, 0.1) is 11.8 Å². The van der Waals surface area contributed by atoms with Gasteiger partial charge in [0.2, 0.25) is 5.60 Å². The summed E-state index contributed by atoms with van der Waals surface area (Å²) in [6, 6.07) is 16.8. The Labute approximate surface area is 213 Å². The van der Waals surface area contributed by atoms with E-state index < -0.39 is 11.6 Å². The molecule has 1 unspecified atom stereocenters. The third kappa shape index (κ3) is 4.68. The van der Waals surface area contributed by atoms with Crippen LogP contribution in [0.25, 0.3) is 0 Å². The van der Waals surface area contributed by atoms with Gasteiger partial charge >= 0.3 is 5.97 Å². The number of benzene rings is 1. The van der Waals surface area contributed by atoms with Crippen molar-refractivity contribution < 1.29 is 19.4 Å². The molecule has 2 heterocycles. The Hall–Kier alpha value is -2.52. The van der Waals surface area contributed by atoms with Crippen LogP contribution < -0.4 is 5.32 Å². The Bertz CT molecular complexity index is 1100. The number of amides is 1. The van der Waals surface area contributed by atoms with Gasteiger partial charge in [-0.05, 0) is 67.3 Å². The number of nitrogens with one attached hydrogen (secondary N) is 1. The van der Waals surface area contributed by atoms with Gasteiger partial charge in [-0.3, -0.25) is 4.79 Å². The van der Waals surface area contributed by atoms with E-state index in [4.69, 9.17) is 4.74 Å². The second kappa shape index (κ2) is 10.2. The highest BCUT2D eigenvalue weighted by Gasteiger charge is 2.53. The molecule has 1 amide bonds. The highest BCUT2D eigenvalue weighted by molar-refractivity contribution is 7.12. The van der Waals surface area contributed by atoms with Gasteiger partial charge < -0.3 is 20.1 Å². The van der Waals surface area contributed by atoms with Crippen molar-refractivity contribution in [3.8, 4) is 0 Å². The fraction of sp³-hybridized carbons (Fsp3) is 0.407. The molecule has 0 radical (unpaired) electrons. The highest BCUT2D eigenvalue weighted by atomic mass is 32.1. The Morgan fingerprint density at radius 3 is 2.37 bits per heavy atom. The summed E-state index contributed by atoms with van der Waals surface area (Å²) in [4.78, 5) is 29.2. The van der Waals surface area contributed by atoms with E-state index >= 15 is 0 Å². The normalized spacial score (nSPS) is 23.5. The maximum atomic E-state index is 13.4. The summed E-state index contributed by atoms with van der Waals surface area (Å²) < 4.78 is 6.07. The molecular weight excluding hydrogens is 480 g/mol. The van der Waals surface area contributed by atoms with Crippen molar-refractivity contribution in [1.29, 1.82) is 0 Å². The molecule has 1 aromatic carbocycles. The number of hydrogen-bond donors (Lipinski definition) is 2. The largest absolute Gasteiger partial charge is 0.459 e. The van der Waals surface area contributed by atoms with Crippen LogP contribution >= 0.6 is 22.7 Å². The first-order valence-corrected chi connectivity index (χ1v) is 13.8. The number of aliphatic hydroxyl groups is 1. The van der Waals surface area contributed by atoms with E-state index in [1.807, 2.05) is 53.2 Å². The maximum absolute atomic E-state index is 13.4. The average molecular weight is 511 g/mol. The molecule has 2 saturated carbocycles. The summed E-state index contributed by atoms with van der Waals surface area (Å²) in [5.74, 6) is 0.0250. The fourth-order valence-corrected chi connectivity index (χ4v) is 7.47. The van der Waals surface area contributed by atoms with E-state index in [0.717, 1.165) is 25.8 Å². The van der Waals surface area contributed by atoms with E-state index in [2.05, 4.69) is 17.3 Å². The Kier molecular flexibility index (Phi) is 7.07. The van der Waals surface area contributed by atoms with E-state index in [-0.39, 0.29) is 17.9 Å². The van der Waals surface area contributed by atoms with Crippen LogP contribution in [0.3, 0.4) is 0 Å². The van der Waals surface area contributed by atoms with Crippen LogP contribution in [0.2, 0.25) is 0 Å². The van der Waals surface area contributed by atoms with Gasteiger partial charge in [0.1, 0.15) is 6.10 Å². The van der Waals surface area contributed by atoms with Gasteiger partial charge in [-0.1, -0.05) is 30.3 Å². The summed E-state index contributed by atoms with van der Waals surface area (Å²) in [6.45, 7) is 1.28. The minimum absolute atomic E-state index is 0.0679. The number of carbonyl (C=O) groups excluding carboxylic acids is 2. The minimum Gasteiger partial charge on any atom is -0.459 e. The van der Waals surface area contributed by atoms with Crippen LogP contribution in [0.4, 0.5) is 0 Å². The van der Waals surface area contributed by atoms with Gasteiger partial charge in [-0.2, -0.15) is 0 Å². The molecular formula is C27H30N2O4S2. The van der Waals surface area contributed by atoms with Crippen LogP contribution in [0.5, 0.6) is 0 Å². The first-order chi connectivity index (χ1) is 17.0. The lowest BCUT2D eigenvalue weighted by atomic mass is 9.96. The number of carbonyl (C=O) groups is 2. The molecule has 35 heavy (non-hydrogen) atoms. The standard InChI is InChI=1S/C27H30N2O4S2/c1-29(14-13-28-25(30)18-7-3-2-4-8-18)24-19-11-12-20(24)21(17-19)33-26(31)27(32,22-9-5-15-34-22)23-10-6-16-35-23/h2-10,15-16,19-21,24,32H,11-14,17H2,1H3,(H,28,30)/t19-,20+,21+,24?/m0/s1. The third-order valence-electron chi connectivity index (χ3n) is 7.41. The number of hydrogen-bond acceptors (Lipinski definition) is 7. The number of nitrogens with zero attached hydrogens (tertiary/aromatic N) is 1. The molecule has 3 aromatic rings. The SMILES string of the molecule is CN(CCNC(=O)c1ccccc1)C1[C@H]2CC[C@@H]1[C@H](OC(=O)C(O)(c1cccs1)c1cccs1)C2. The van der Waals surface area contributed by atoms with Crippen molar-refractivity contribution in [3.63, 3.8) is 0 Å². The van der Waals surface area contributed by atoms with Crippen LogP contribution in [-0.4, -0.2) is 54.2 Å². The monoisotopic (exact) mass is 510 g/mol. The lowest BCUT2D eigenvalue weighted by molar-refractivity contribution is -0.170. The summed E-state index contributed by atoms with van der Waals surface area (Å²) in [5.41, 5.74) is -1.11. The zero-order chi connectivity index (χ0) is 24.4. The predicted molar refractivity (Wildman–Crippen MR) is 138 cm³/mol. The van der Waals surface area contributed by atoms with Crippen molar-refractivity contribution in [2.24, 2.45) is 11.8 Å². The molecule has 4 atom stereocenters. The first kappa shape index (κ1) is 24.2. The number of likely N-dealkylation sites (N-methyl/N-ethyl adjacent to an activating group) is 1. The molecule has 184 valence electrons. The maximum Gasteiger partial charge on any atom is 0.349 e. The van der Waals surface area contributed by atoms with Crippen molar-refractivity contribution in [3.05, 3.63) is 80.7 Å². The summed E-state index contributed by atoms with van der Waals surface area (Å²) in [5, 5.41) is 18.3. The number of thiophene rings is 2. The van der Waals surface area contributed by atoms with E-state index in [9.17, 15) is 14.7 Å². The first-order valence-electron chi connectivity index (χ1n) is 12.0. The number of rotatable bonds is 9. The molecule has 2 bridgehead atoms. The second-order valence-corrected chi connectivity index (χ2v) is 11.3. The number of ether oxygens (including phenoxy) is 1. The van der Waals surface area contributed by atoms with Gasteiger partial charge in [0.15, 0.2) is 0 Å². The van der Waals surface area contributed by atoms with Crippen molar-refractivity contribution in [1.82, 2.24) is 10.2 Å². The summed E-state index contributed by atoms with van der Waals surface area (Å²) in [7, 11) is 2.09. The predicted octanol–water partition coefficient (Wildman–Crippen LogP) is 4.12. The highest BCUT2D eigenvalue weighted by Crippen LogP contribution is 2.49. The number of esters is 1. The van der Waals surface area contributed by atoms with E-state index in [1.54, 1.807) is 12.1 Å². The quantitative estimate of drug-likeness (QED) is 0.424. The molecule has 0 spiro atoms. The lowest BCUT2D eigenvalue weighted by Gasteiger charge is -2.31. The lowest BCUT2D eigenvalue weighted by Crippen LogP contribution is -2.43. The average Bonchev–Trinajstić information content (AvgIpc) is 3.68. The fourth-order valence-electron chi connectivity index (χ4n) is 5.76. The topological polar surface area (TPSA) is 78.9 Å². The smallest absolute Gasteiger partial charge is 0.349 e. The Morgan fingerprint density at radius 2 is 1.74 bits per heavy atom. The van der Waals surface area contributed by atoms with Crippen LogP contribution in [0.15, 0.2) is 65.4 Å². The summed E-state index contributed by atoms with van der Waals surface area (Å²) in [6.07, 6.45) is 2.72. The van der Waals surface area contributed by atoms with E-state index in [1.165, 1.54) is 22.7 Å². The van der Waals surface area contributed by atoms with Crippen molar-refractivity contribution >= 4 is 34.6 Å². The van der Waals surface area contributed by atoms with Crippen molar-refractivity contribution in [2.75, 3.05) is 20.1 Å². The molecule has 6 nitrogen and oxygen atoms in total. The van der Waals surface area contributed by atoms with Gasteiger partial charge in [-0.15, -0.1) is 22.7 Å². The van der Waals surface area contributed by atoms with Gasteiger partial charge in [-0.25, -0.2) is 4.79 Å². The van der Waals surface area contributed by atoms with Crippen molar-refractivity contribution in [2.45, 2.75) is 37.0 Å². The van der Waals surface area contributed by atoms with E-state index in [0.29, 0.717) is 33.8 Å². The molecule has 0 saturated heterocycles. The molecule has 2 N–H and O–H groups in total. The zero-order valence-corrected chi connectivity index (χ0v) is 21.3. The summed E-state index contributed by atoms with van der Waals surface area (Å²) >= 11 is 2.72.